The lowest BCUT2D eigenvalue weighted by atomic mass is 9.91. The number of carbonyl (C=O) groups excluding carboxylic acids is 2. The van der Waals surface area contributed by atoms with E-state index in [1.165, 1.54) is 11.3 Å². The van der Waals surface area contributed by atoms with Crippen molar-refractivity contribution in [2.75, 3.05) is 19.7 Å². The molecule has 1 saturated heterocycles. The van der Waals surface area contributed by atoms with Gasteiger partial charge in [-0.2, -0.15) is 0 Å². The van der Waals surface area contributed by atoms with Gasteiger partial charge in [0.1, 0.15) is 23.7 Å². The second-order valence-corrected chi connectivity index (χ2v) is 8.30. The number of hydrogen-bond acceptors (Lipinski definition) is 7. The van der Waals surface area contributed by atoms with Crippen LogP contribution in [-0.4, -0.2) is 46.5 Å². The van der Waals surface area contributed by atoms with E-state index in [0.29, 0.717) is 41.2 Å². The number of β-amino-alcohol motifs (C(OH)–C–C–N with tert-alkyl or cyclic N) is 1. The van der Waals surface area contributed by atoms with E-state index in [0.717, 1.165) is 16.1 Å². The van der Waals surface area contributed by atoms with Crippen molar-refractivity contribution in [2.24, 2.45) is 5.73 Å². The summed E-state index contributed by atoms with van der Waals surface area (Å²) in [6.45, 7) is 4.55. The molecule has 9 heteroatoms. The van der Waals surface area contributed by atoms with Gasteiger partial charge in [0.2, 0.25) is 5.91 Å². The fourth-order valence-corrected chi connectivity index (χ4v) is 4.74. The second-order valence-electron chi connectivity index (χ2n) is 7.36. The summed E-state index contributed by atoms with van der Waals surface area (Å²) in [4.78, 5) is 31.5. The van der Waals surface area contributed by atoms with Gasteiger partial charge in [-0.15, -0.1) is 11.3 Å². The van der Waals surface area contributed by atoms with E-state index >= 15 is 0 Å². The van der Waals surface area contributed by atoms with Crippen LogP contribution in [0.15, 0.2) is 22.1 Å². The largest absolute Gasteiger partial charge is 0.488 e. The van der Waals surface area contributed by atoms with Gasteiger partial charge in [0, 0.05) is 36.4 Å². The molecule has 1 aromatic carbocycles. The highest BCUT2D eigenvalue weighted by Crippen LogP contribution is 2.42. The van der Waals surface area contributed by atoms with Gasteiger partial charge in [-0.1, -0.05) is 0 Å². The van der Waals surface area contributed by atoms with Gasteiger partial charge >= 0.3 is 0 Å². The molecule has 1 atom stereocenters. The van der Waals surface area contributed by atoms with Crippen molar-refractivity contribution in [3.8, 4) is 5.75 Å². The van der Waals surface area contributed by atoms with Crippen molar-refractivity contribution in [1.29, 1.82) is 0 Å². The molecule has 4 rings (SSSR count). The minimum Gasteiger partial charge on any atom is -0.488 e. The lowest BCUT2D eigenvalue weighted by Crippen LogP contribution is -2.28. The molecule has 3 N–H and O–H groups in total. The standard InChI is InChI=1S/C21H23N3O5S/c1-11-16(30-10-23-11)9-28-14-3-4-15-20(18(21(22)27)12(2)29-15)19(14)13-7-17(26)24(8-13)5-6-25/h3-4,10,13,25H,5-9H2,1-2H3,(H2,22,27). The molecule has 0 bridgehead atoms. The molecule has 0 spiro atoms. The number of likely N-dealkylation sites (tertiary alicyclic amines) is 1. The first-order valence-corrected chi connectivity index (χ1v) is 10.5. The summed E-state index contributed by atoms with van der Waals surface area (Å²) in [5.41, 5.74) is 9.93. The normalized spacial score (nSPS) is 16.6. The maximum absolute atomic E-state index is 12.5. The predicted molar refractivity (Wildman–Crippen MR) is 112 cm³/mol. The Kier molecular flexibility index (Phi) is 5.48. The Hall–Kier alpha value is -2.91. The van der Waals surface area contributed by atoms with Crippen molar-refractivity contribution >= 4 is 34.1 Å². The Bertz CT molecular complexity index is 1120. The summed E-state index contributed by atoms with van der Waals surface area (Å²) in [5, 5.41) is 9.86. The molecule has 0 radical (unpaired) electrons. The summed E-state index contributed by atoms with van der Waals surface area (Å²) in [6, 6.07) is 3.57. The fourth-order valence-electron chi connectivity index (χ4n) is 4.05. The summed E-state index contributed by atoms with van der Waals surface area (Å²) in [5.74, 6) is 0.184. The van der Waals surface area contributed by atoms with E-state index in [9.17, 15) is 14.7 Å². The molecule has 0 saturated carbocycles. The topological polar surface area (TPSA) is 119 Å². The zero-order chi connectivity index (χ0) is 21.4. The second kappa shape index (κ2) is 8.08. The molecule has 1 fully saturated rings. The first-order chi connectivity index (χ1) is 14.4. The monoisotopic (exact) mass is 429 g/mol. The molecule has 1 aliphatic heterocycles. The van der Waals surface area contributed by atoms with Gasteiger partial charge in [-0.3, -0.25) is 9.59 Å². The molecule has 1 aliphatic rings. The number of aliphatic hydroxyl groups is 1. The van der Waals surface area contributed by atoms with Crippen molar-refractivity contribution in [1.82, 2.24) is 9.88 Å². The number of fused-ring (bicyclic) bond motifs is 1. The van der Waals surface area contributed by atoms with E-state index in [2.05, 4.69) is 4.98 Å². The van der Waals surface area contributed by atoms with Gasteiger partial charge in [-0.05, 0) is 26.0 Å². The average molecular weight is 429 g/mol. The third-order valence-electron chi connectivity index (χ3n) is 5.48. The van der Waals surface area contributed by atoms with Crippen LogP contribution in [0.4, 0.5) is 0 Å². The minimum absolute atomic E-state index is 0.0452. The number of nitrogens with two attached hydrogens (primary N) is 1. The van der Waals surface area contributed by atoms with Crippen LogP contribution >= 0.6 is 11.3 Å². The molecular formula is C21H23N3O5S. The van der Waals surface area contributed by atoms with Crippen molar-refractivity contribution in [3.05, 3.63) is 45.1 Å². The SMILES string of the molecule is Cc1ncsc1COc1ccc2oc(C)c(C(N)=O)c2c1C1CC(=O)N(CCO)C1. The van der Waals surface area contributed by atoms with Crippen molar-refractivity contribution in [2.45, 2.75) is 32.8 Å². The van der Waals surface area contributed by atoms with E-state index in [1.54, 1.807) is 29.5 Å². The summed E-state index contributed by atoms with van der Waals surface area (Å²) in [6.07, 6.45) is 0.261. The van der Waals surface area contributed by atoms with Crippen LogP contribution in [0.3, 0.4) is 0 Å². The van der Waals surface area contributed by atoms with Crippen LogP contribution in [0, 0.1) is 13.8 Å². The molecule has 0 aliphatic carbocycles. The van der Waals surface area contributed by atoms with Crippen molar-refractivity contribution < 1.29 is 23.8 Å². The fraction of sp³-hybridized carbons (Fsp3) is 0.381. The average Bonchev–Trinajstić information content (AvgIpc) is 3.36. The summed E-state index contributed by atoms with van der Waals surface area (Å²) in [7, 11) is 0. The first-order valence-electron chi connectivity index (χ1n) is 9.66. The van der Waals surface area contributed by atoms with Crippen LogP contribution in [0.1, 0.15) is 44.6 Å². The first kappa shape index (κ1) is 20.4. The molecule has 2 amide bonds. The highest BCUT2D eigenvalue weighted by atomic mass is 32.1. The Morgan fingerprint density at radius 2 is 2.23 bits per heavy atom. The van der Waals surface area contributed by atoms with Gasteiger partial charge in [-0.25, -0.2) is 4.98 Å². The molecule has 1 unspecified atom stereocenters. The maximum atomic E-state index is 12.5. The molecule has 2 aromatic heterocycles. The predicted octanol–water partition coefficient (Wildman–Crippen LogP) is 2.49. The number of thiazole rings is 1. The molecule has 30 heavy (non-hydrogen) atoms. The van der Waals surface area contributed by atoms with Gasteiger partial charge in [0.25, 0.3) is 5.91 Å². The smallest absolute Gasteiger partial charge is 0.252 e. The Balaban J connectivity index is 1.81. The minimum atomic E-state index is -0.584. The molecule has 158 valence electrons. The number of aryl methyl sites for hydroxylation is 2. The Labute approximate surface area is 177 Å². The lowest BCUT2D eigenvalue weighted by Gasteiger charge is -2.19. The Morgan fingerprint density at radius 3 is 2.90 bits per heavy atom. The number of aromatic nitrogens is 1. The number of benzene rings is 1. The molecule has 8 nitrogen and oxygen atoms in total. The zero-order valence-electron chi connectivity index (χ0n) is 16.8. The van der Waals surface area contributed by atoms with E-state index in [4.69, 9.17) is 14.9 Å². The summed E-state index contributed by atoms with van der Waals surface area (Å²) >= 11 is 1.51. The van der Waals surface area contributed by atoms with Crippen molar-refractivity contribution in [3.63, 3.8) is 0 Å². The number of amides is 2. The molecule has 3 aromatic rings. The van der Waals surface area contributed by atoms with E-state index < -0.39 is 5.91 Å². The van der Waals surface area contributed by atoms with Crippen LogP contribution < -0.4 is 10.5 Å². The number of rotatable bonds is 7. The highest BCUT2D eigenvalue weighted by Gasteiger charge is 2.35. The quantitative estimate of drug-likeness (QED) is 0.596. The van der Waals surface area contributed by atoms with Crippen LogP contribution in [0.25, 0.3) is 11.0 Å². The van der Waals surface area contributed by atoms with E-state index in [-0.39, 0.29) is 31.4 Å². The number of ether oxygens (including phenoxy) is 1. The third kappa shape index (κ3) is 3.54. The Morgan fingerprint density at radius 1 is 1.43 bits per heavy atom. The zero-order valence-corrected chi connectivity index (χ0v) is 17.6. The van der Waals surface area contributed by atoms with Crippen LogP contribution in [0.2, 0.25) is 0 Å². The van der Waals surface area contributed by atoms with Gasteiger partial charge in [0.05, 0.1) is 28.3 Å². The molecule has 3 heterocycles. The van der Waals surface area contributed by atoms with Crippen LogP contribution in [-0.2, 0) is 11.4 Å². The van der Waals surface area contributed by atoms with Gasteiger partial charge < -0.3 is 24.9 Å². The number of hydrogen-bond donors (Lipinski definition) is 2. The molecular weight excluding hydrogens is 406 g/mol. The number of carbonyl (C=O) groups is 2. The van der Waals surface area contributed by atoms with Crippen LogP contribution in [0.5, 0.6) is 5.75 Å². The maximum Gasteiger partial charge on any atom is 0.252 e. The third-order valence-corrected chi connectivity index (χ3v) is 6.38. The number of primary amides is 1. The number of aliphatic hydroxyl groups excluding tert-OH is 1. The van der Waals surface area contributed by atoms with Gasteiger partial charge in [0.15, 0.2) is 0 Å². The number of nitrogens with zero attached hydrogens (tertiary/aromatic N) is 2. The number of furan rings is 1. The highest BCUT2D eigenvalue weighted by molar-refractivity contribution is 7.09. The van der Waals surface area contributed by atoms with E-state index in [1.807, 2.05) is 6.92 Å². The lowest BCUT2D eigenvalue weighted by molar-refractivity contribution is -0.128. The summed E-state index contributed by atoms with van der Waals surface area (Å²) < 4.78 is 11.9.